The van der Waals surface area contributed by atoms with Gasteiger partial charge in [0.1, 0.15) is 0 Å². The molecule has 0 N–H and O–H groups in total. The quantitative estimate of drug-likeness (QED) is 0.234. The fraction of sp³-hybridized carbons (Fsp3) is 0.0476. The van der Waals surface area contributed by atoms with Crippen LogP contribution in [0.15, 0.2) is 158 Å². The van der Waals surface area contributed by atoms with Gasteiger partial charge in [0.2, 0.25) is 0 Å². The number of hydrogen-bond acceptors (Lipinski definition) is 2. The average Bonchev–Trinajstić information content (AvgIpc) is 3.72. The summed E-state index contributed by atoms with van der Waals surface area (Å²) in [5, 5.41) is 5.09. The van der Waals surface area contributed by atoms with E-state index in [1.807, 2.05) is 36.7 Å². The van der Waals surface area contributed by atoms with E-state index in [0.717, 1.165) is 11.4 Å². The van der Waals surface area contributed by atoms with Crippen molar-refractivity contribution in [2.24, 2.45) is 0 Å². The van der Waals surface area contributed by atoms with Crippen LogP contribution in [0.25, 0.3) is 66.3 Å². The molecule has 47 heavy (non-hydrogen) atoms. The third-order valence-electron chi connectivity index (χ3n) is 8.15. The number of nitrogens with zero attached hydrogens (tertiary/aromatic N) is 2. The molecule has 2 aromatic heterocycles. The Bertz CT molecular complexity index is 2010. The Kier molecular flexibility index (Phi) is 12.2. The second-order valence-electron chi connectivity index (χ2n) is 11.3. The number of fused-ring (bicyclic) bond motifs is 2. The first-order valence-corrected chi connectivity index (χ1v) is 15.0. The number of hydrogen-bond donors (Lipinski definition) is 0. The Morgan fingerprint density at radius 1 is 0.447 bits per heavy atom. The standard InChI is InChI=1S/2C21H16N.2ClH.Zr/c2*1-15-8-10-16(11-9-15)19-6-4-5-17-13-18(14-20(17)19)21-7-2-3-12-22-21;;;/h2*2-14H,1H3;2*1H;/q2*-1;;;+4/p-2. The van der Waals surface area contributed by atoms with Crippen molar-refractivity contribution >= 4 is 21.5 Å². The van der Waals surface area contributed by atoms with Crippen molar-refractivity contribution in [1.29, 1.82) is 0 Å². The van der Waals surface area contributed by atoms with E-state index in [0.29, 0.717) is 0 Å². The minimum Gasteiger partial charge on any atom is -1.00 e. The van der Waals surface area contributed by atoms with Gasteiger partial charge in [0.15, 0.2) is 0 Å². The van der Waals surface area contributed by atoms with Crippen LogP contribution >= 0.6 is 0 Å². The number of aromatic nitrogens is 2. The summed E-state index contributed by atoms with van der Waals surface area (Å²) in [7, 11) is 0. The predicted octanol–water partition coefficient (Wildman–Crippen LogP) is 5.20. The summed E-state index contributed by atoms with van der Waals surface area (Å²) in [5.74, 6) is 0. The third-order valence-corrected chi connectivity index (χ3v) is 8.15. The molecule has 6 aromatic carbocycles. The largest absolute Gasteiger partial charge is 4.00 e. The molecule has 0 saturated carbocycles. The summed E-state index contributed by atoms with van der Waals surface area (Å²) in [5.41, 5.74) is 12.0. The van der Waals surface area contributed by atoms with Gasteiger partial charge in [0.05, 0.1) is 0 Å². The fourth-order valence-electron chi connectivity index (χ4n) is 5.80. The van der Waals surface area contributed by atoms with Crippen LogP contribution in [0.3, 0.4) is 0 Å². The van der Waals surface area contributed by atoms with E-state index >= 15 is 0 Å². The molecule has 0 saturated heterocycles. The Hall–Kier alpha value is -4.14. The van der Waals surface area contributed by atoms with Crippen LogP contribution in [0.1, 0.15) is 11.1 Å². The van der Waals surface area contributed by atoms with E-state index in [2.05, 4.69) is 145 Å². The van der Waals surface area contributed by atoms with Crippen molar-refractivity contribution in [2.75, 3.05) is 0 Å². The normalized spacial score (nSPS) is 10.3. The minimum absolute atomic E-state index is 0. The van der Waals surface area contributed by atoms with Crippen molar-refractivity contribution in [2.45, 2.75) is 13.8 Å². The Morgan fingerprint density at radius 2 is 0.851 bits per heavy atom. The van der Waals surface area contributed by atoms with Crippen LogP contribution in [0.2, 0.25) is 0 Å². The molecule has 0 radical (unpaired) electrons. The number of pyridine rings is 2. The van der Waals surface area contributed by atoms with Gasteiger partial charge in [-0.15, -0.1) is 69.1 Å². The molecule has 228 valence electrons. The van der Waals surface area contributed by atoms with E-state index in [9.17, 15) is 0 Å². The first kappa shape index (κ1) is 35.7. The van der Waals surface area contributed by atoms with E-state index in [1.54, 1.807) is 0 Å². The van der Waals surface area contributed by atoms with Gasteiger partial charge < -0.3 is 24.8 Å². The monoisotopic (exact) mass is 724 g/mol. The van der Waals surface area contributed by atoms with Gasteiger partial charge >= 0.3 is 26.2 Å². The van der Waals surface area contributed by atoms with Crippen molar-refractivity contribution in [1.82, 2.24) is 9.97 Å². The molecule has 0 aliphatic rings. The second-order valence-corrected chi connectivity index (χ2v) is 11.3. The fourth-order valence-corrected chi connectivity index (χ4v) is 5.80. The molecule has 0 fully saturated rings. The van der Waals surface area contributed by atoms with E-state index in [-0.39, 0.29) is 51.0 Å². The maximum absolute atomic E-state index is 4.46. The van der Waals surface area contributed by atoms with Gasteiger partial charge in [-0.05, 0) is 37.1 Å². The van der Waals surface area contributed by atoms with Gasteiger partial charge in [-0.3, -0.25) is 9.97 Å². The maximum atomic E-state index is 4.46. The number of halogens is 2. The van der Waals surface area contributed by atoms with Crippen molar-refractivity contribution in [3.63, 3.8) is 0 Å². The molecule has 8 rings (SSSR count). The molecule has 0 aliphatic carbocycles. The predicted molar refractivity (Wildman–Crippen MR) is 186 cm³/mol. The van der Waals surface area contributed by atoms with Crippen LogP contribution in [-0.2, 0) is 26.2 Å². The Morgan fingerprint density at radius 3 is 1.21 bits per heavy atom. The molecule has 0 unspecified atom stereocenters. The van der Waals surface area contributed by atoms with Crippen LogP contribution in [-0.4, -0.2) is 9.97 Å². The first-order valence-electron chi connectivity index (χ1n) is 15.0. The van der Waals surface area contributed by atoms with Gasteiger partial charge in [-0.25, -0.2) is 0 Å². The van der Waals surface area contributed by atoms with E-state index < -0.39 is 0 Å². The molecular weight excluding hydrogens is 695 g/mol. The number of benzene rings is 4. The molecule has 0 bridgehead atoms. The minimum atomic E-state index is 0. The topological polar surface area (TPSA) is 25.8 Å². The molecule has 5 heteroatoms. The summed E-state index contributed by atoms with van der Waals surface area (Å²) in [6.07, 6.45) is 3.68. The molecular formula is C42H32Cl2N2Zr. The van der Waals surface area contributed by atoms with Crippen molar-refractivity contribution < 1.29 is 51.0 Å². The number of aryl methyl sites for hydroxylation is 2. The van der Waals surface area contributed by atoms with Gasteiger partial charge in [0.25, 0.3) is 0 Å². The zero-order chi connectivity index (χ0) is 29.9. The van der Waals surface area contributed by atoms with E-state index in [4.69, 9.17) is 0 Å². The molecule has 2 nitrogen and oxygen atoms in total. The van der Waals surface area contributed by atoms with E-state index in [1.165, 1.54) is 66.1 Å². The number of rotatable bonds is 4. The summed E-state index contributed by atoms with van der Waals surface area (Å²) in [6, 6.07) is 51.4. The Balaban J connectivity index is 0.000000200. The van der Waals surface area contributed by atoms with Crippen LogP contribution in [0.4, 0.5) is 0 Å². The van der Waals surface area contributed by atoms with Gasteiger partial charge in [0, 0.05) is 23.8 Å². The first-order chi connectivity index (χ1) is 21.6. The molecule has 0 atom stereocenters. The zero-order valence-corrected chi connectivity index (χ0v) is 30.1. The molecule has 2 heterocycles. The SMILES string of the molecule is Cc1ccc(-c2cccc3[cH-]c(-c4ccccn4)cc23)cc1.Cc1ccc(-c2cccc3[cH-]c(-c4ccccn4)cc23)cc1.[Cl-].[Cl-].[Zr+4]. The van der Waals surface area contributed by atoms with Crippen molar-refractivity contribution in [3.05, 3.63) is 169 Å². The summed E-state index contributed by atoms with van der Waals surface area (Å²) >= 11 is 0. The summed E-state index contributed by atoms with van der Waals surface area (Å²) < 4.78 is 0. The maximum Gasteiger partial charge on any atom is 4.00 e. The van der Waals surface area contributed by atoms with Gasteiger partial charge in [-0.1, -0.05) is 119 Å². The second kappa shape index (κ2) is 16.1. The molecule has 0 aliphatic heterocycles. The molecule has 8 aromatic rings. The van der Waals surface area contributed by atoms with Crippen molar-refractivity contribution in [3.8, 4) is 44.8 Å². The Labute approximate surface area is 308 Å². The average molecular weight is 727 g/mol. The molecule has 0 spiro atoms. The zero-order valence-electron chi connectivity index (χ0n) is 26.2. The smallest absolute Gasteiger partial charge is 1.00 e. The summed E-state index contributed by atoms with van der Waals surface area (Å²) in [6.45, 7) is 4.23. The summed E-state index contributed by atoms with van der Waals surface area (Å²) in [4.78, 5) is 8.92. The van der Waals surface area contributed by atoms with Crippen LogP contribution in [0.5, 0.6) is 0 Å². The van der Waals surface area contributed by atoms with Crippen LogP contribution in [0, 0.1) is 13.8 Å². The molecule has 0 amide bonds. The van der Waals surface area contributed by atoms with Gasteiger partial charge in [-0.2, -0.15) is 0 Å². The van der Waals surface area contributed by atoms with Crippen LogP contribution < -0.4 is 24.8 Å². The third kappa shape index (κ3) is 7.88.